The van der Waals surface area contributed by atoms with Crippen LogP contribution in [0.5, 0.6) is 5.75 Å². The lowest BCUT2D eigenvalue weighted by atomic mass is 10.1. The Morgan fingerprint density at radius 3 is 2.89 bits per heavy atom. The molecule has 0 aliphatic heterocycles. The van der Waals surface area contributed by atoms with Crippen LogP contribution in [0.2, 0.25) is 0 Å². The lowest BCUT2D eigenvalue weighted by molar-refractivity contribution is 0.305. The Bertz CT molecular complexity index is 525. The number of benzene rings is 1. The van der Waals surface area contributed by atoms with Gasteiger partial charge in [0.2, 0.25) is 0 Å². The maximum Gasteiger partial charge on any atom is 0.157 e. The van der Waals surface area contributed by atoms with Crippen LogP contribution in [0.25, 0.3) is 0 Å². The lowest BCUT2D eigenvalue weighted by Crippen LogP contribution is -2.05. The fourth-order valence-corrected chi connectivity index (χ4v) is 2.20. The van der Waals surface area contributed by atoms with Crippen LogP contribution in [0.1, 0.15) is 11.1 Å². The van der Waals surface area contributed by atoms with Crippen molar-refractivity contribution in [1.29, 1.82) is 0 Å². The predicted molar refractivity (Wildman–Crippen MR) is 74.4 cm³/mol. The minimum Gasteiger partial charge on any atom is -0.486 e. The van der Waals surface area contributed by atoms with Crippen LogP contribution < -0.4 is 10.1 Å². The van der Waals surface area contributed by atoms with E-state index in [-0.39, 0.29) is 0 Å². The van der Waals surface area contributed by atoms with Gasteiger partial charge in [0.05, 0.1) is 12.4 Å². The average Bonchev–Trinajstić information content (AvgIpc) is 2.74. The molecule has 4 nitrogen and oxygen atoms in total. The molecule has 0 fully saturated rings. The van der Waals surface area contributed by atoms with Gasteiger partial charge in [-0.1, -0.05) is 28.1 Å². The second-order valence-electron chi connectivity index (χ2n) is 4.09. The van der Waals surface area contributed by atoms with Crippen molar-refractivity contribution in [2.24, 2.45) is 7.05 Å². The molecule has 0 aliphatic rings. The summed E-state index contributed by atoms with van der Waals surface area (Å²) >= 11 is 3.57. The van der Waals surface area contributed by atoms with E-state index in [1.807, 2.05) is 20.3 Å². The Labute approximate surface area is 115 Å². The first-order valence-corrected chi connectivity index (χ1v) is 6.51. The molecule has 18 heavy (non-hydrogen) atoms. The largest absolute Gasteiger partial charge is 0.486 e. The zero-order valence-electron chi connectivity index (χ0n) is 10.5. The molecule has 0 spiro atoms. The van der Waals surface area contributed by atoms with E-state index in [9.17, 15) is 0 Å². The minimum absolute atomic E-state index is 0.534. The number of nitrogens with zero attached hydrogens (tertiary/aromatic N) is 2. The van der Waals surface area contributed by atoms with Crippen molar-refractivity contribution in [2.45, 2.75) is 13.2 Å². The fraction of sp³-hybridized carbons (Fsp3) is 0.308. The number of ether oxygens (including phenoxy) is 1. The van der Waals surface area contributed by atoms with E-state index in [1.54, 1.807) is 10.9 Å². The summed E-state index contributed by atoms with van der Waals surface area (Å²) in [6.45, 7) is 1.40. The van der Waals surface area contributed by atoms with E-state index in [1.165, 1.54) is 5.56 Å². The van der Waals surface area contributed by atoms with Crippen LogP contribution in [-0.2, 0) is 20.2 Å². The number of rotatable bonds is 5. The molecule has 1 N–H and O–H groups in total. The van der Waals surface area contributed by atoms with Crippen LogP contribution in [0.3, 0.4) is 0 Å². The molecule has 0 unspecified atom stereocenters. The SMILES string of the molecule is CNCc1ccc(COc2cnn(C)c2)c(Br)c1. The molecule has 2 aromatic rings. The second-order valence-corrected chi connectivity index (χ2v) is 4.95. The van der Waals surface area contributed by atoms with E-state index in [2.05, 4.69) is 44.5 Å². The zero-order chi connectivity index (χ0) is 13.0. The normalized spacial score (nSPS) is 10.6. The highest BCUT2D eigenvalue weighted by Gasteiger charge is 2.03. The third-order valence-corrected chi connectivity index (χ3v) is 3.31. The Balaban J connectivity index is 2.01. The quantitative estimate of drug-likeness (QED) is 0.922. The first-order chi connectivity index (χ1) is 8.69. The molecule has 0 bridgehead atoms. The lowest BCUT2D eigenvalue weighted by Gasteiger charge is -2.08. The third kappa shape index (κ3) is 3.34. The van der Waals surface area contributed by atoms with Crippen molar-refractivity contribution in [2.75, 3.05) is 7.05 Å². The molecule has 0 amide bonds. The van der Waals surface area contributed by atoms with Crippen molar-refractivity contribution in [3.8, 4) is 5.75 Å². The summed E-state index contributed by atoms with van der Waals surface area (Å²) in [5, 5.41) is 7.19. The smallest absolute Gasteiger partial charge is 0.157 e. The van der Waals surface area contributed by atoms with Crippen molar-refractivity contribution < 1.29 is 4.74 Å². The predicted octanol–water partition coefficient (Wildman–Crippen LogP) is 2.48. The van der Waals surface area contributed by atoms with Gasteiger partial charge in [0.15, 0.2) is 5.75 Å². The van der Waals surface area contributed by atoms with Crippen LogP contribution in [-0.4, -0.2) is 16.8 Å². The minimum atomic E-state index is 0.534. The molecule has 0 radical (unpaired) electrons. The van der Waals surface area contributed by atoms with Gasteiger partial charge in [0.25, 0.3) is 0 Å². The van der Waals surface area contributed by atoms with Crippen LogP contribution in [0.4, 0.5) is 0 Å². The highest BCUT2D eigenvalue weighted by molar-refractivity contribution is 9.10. The highest BCUT2D eigenvalue weighted by Crippen LogP contribution is 2.20. The molecule has 0 saturated heterocycles. The Kier molecular flexibility index (Phi) is 4.38. The van der Waals surface area contributed by atoms with Crippen LogP contribution in [0.15, 0.2) is 35.1 Å². The van der Waals surface area contributed by atoms with E-state index in [4.69, 9.17) is 4.74 Å². The van der Waals surface area contributed by atoms with Gasteiger partial charge in [-0.2, -0.15) is 5.10 Å². The summed E-state index contributed by atoms with van der Waals surface area (Å²) < 4.78 is 8.46. The first kappa shape index (κ1) is 13.1. The summed E-state index contributed by atoms with van der Waals surface area (Å²) in [7, 11) is 3.81. The number of hydrogen-bond donors (Lipinski definition) is 1. The van der Waals surface area contributed by atoms with Gasteiger partial charge < -0.3 is 10.1 Å². The molecule has 5 heteroatoms. The van der Waals surface area contributed by atoms with Crippen molar-refractivity contribution in [3.05, 3.63) is 46.2 Å². The highest BCUT2D eigenvalue weighted by atomic mass is 79.9. The van der Waals surface area contributed by atoms with Crippen molar-refractivity contribution in [3.63, 3.8) is 0 Å². The summed E-state index contributed by atoms with van der Waals surface area (Å²) in [5.41, 5.74) is 2.37. The number of aryl methyl sites for hydroxylation is 1. The molecular formula is C13H16BrN3O. The topological polar surface area (TPSA) is 39.1 Å². The zero-order valence-corrected chi connectivity index (χ0v) is 12.1. The van der Waals surface area contributed by atoms with E-state index in [0.29, 0.717) is 6.61 Å². The van der Waals surface area contributed by atoms with E-state index < -0.39 is 0 Å². The number of halogens is 1. The van der Waals surface area contributed by atoms with Gasteiger partial charge in [0.1, 0.15) is 6.61 Å². The van der Waals surface area contributed by atoms with Gasteiger partial charge in [-0.05, 0) is 18.7 Å². The average molecular weight is 310 g/mol. The third-order valence-electron chi connectivity index (χ3n) is 2.57. The van der Waals surface area contributed by atoms with Crippen molar-refractivity contribution in [1.82, 2.24) is 15.1 Å². The van der Waals surface area contributed by atoms with E-state index in [0.717, 1.165) is 22.3 Å². The van der Waals surface area contributed by atoms with E-state index >= 15 is 0 Å². The summed E-state index contributed by atoms with van der Waals surface area (Å²) in [5.74, 6) is 0.781. The maximum atomic E-state index is 5.66. The monoisotopic (exact) mass is 309 g/mol. The molecule has 96 valence electrons. The maximum absolute atomic E-state index is 5.66. The van der Waals surface area contributed by atoms with Gasteiger partial charge in [-0.25, -0.2) is 0 Å². The molecular weight excluding hydrogens is 294 g/mol. The van der Waals surface area contributed by atoms with Crippen molar-refractivity contribution >= 4 is 15.9 Å². The van der Waals surface area contributed by atoms with Gasteiger partial charge in [-0.3, -0.25) is 4.68 Å². The molecule has 2 rings (SSSR count). The summed E-state index contributed by atoms with van der Waals surface area (Å²) in [6, 6.07) is 6.29. The van der Waals surface area contributed by atoms with Crippen LogP contribution >= 0.6 is 15.9 Å². The molecule has 1 heterocycles. The Morgan fingerprint density at radius 1 is 1.44 bits per heavy atom. The summed E-state index contributed by atoms with van der Waals surface area (Å²) in [4.78, 5) is 0. The molecule has 0 atom stereocenters. The molecule has 0 aliphatic carbocycles. The van der Waals surface area contributed by atoms with Gasteiger partial charge in [-0.15, -0.1) is 0 Å². The Morgan fingerprint density at radius 2 is 2.28 bits per heavy atom. The summed E-state index contributed by atoms with van der Waals surface area (Å²) in [6.07, 6.45) is 3.56. The van der Waals surface area contributed by atoms with Crippen LogP contribution in [0, 0.1) is 0 Å². The fourth-order valence-electron chi connectivity index (χ4n) is 1.66. The number of hydrogen-bond acceptors (Lipinski definition) is 3. The molecule has 1 aromatic heterocycles. The Hall–Kier alpha value is -1.33. The molecule has 1 aromatic carbocycles. The van der Waals surface area contributed by atoms with Gasteiger partial charge >= 0.3 is 0 Å². The second kappa shape index (κ2) is 6.02. The molecule has 0 saturated carbocycles. The number of nitrogens with one attached hydrogen (secondary N) is 1. The first-order valence-electron chi connectivity index (χ1n) is 5.72. The van der Waals surface area contributed by atoms with Gasteiger partial charge in [0, 0.05) is 23.6 Å². The standard InChI is InChI=1S/C13H16BrN3O/c1-15-6-10-3-4-11(13(14)5-10)9-18-12-7-16-17(2)8-12/h3-5,7-8,15H,6,9H2,1-2H3. The number of aromatic nitrogens is 2.